The highest BCUT2D eigenvalue weighted by Gasteiger charge is 2.32. The number of rotatable bonds is 3. The van der Waals surface area contributed by atoms with Gasteiger partial charge in [-0.15, -0.1) is 0 Å². The fourth-order valence-electron chi connectivity index (χ4n) is 4.25. The first-order valence-electron chi connectivity index (χ1n) is 11.2. The summed E-state index contributed by atoms with van der Waals surface area (Å²) in [7, 11) is 0. The van der Waals surface area contributed by atoms with E-state index in [1.807, 2.05) is 0 Å². The smallest absolute Gasteiger partial charge is 0.0961 e. The molecule has 0 amide bonds. The van der Waals surface area contributed by atoms with E-state index in [-0.39, 0.29) is 16.9 Å². The van der Waals surface area contributed by atoms with Crippen LogP contribution in [0.5, 0.6) is 0 Å². The summed E-state index contributed by atoms with van der Waals surface area (Å²) >= 11 is 0. The van der Waals surface area contributed by atoms with Gasteiger partial charge in [0, 0.05) is 0 Å². The minimum absolute atomic E-state index is 0.0530. The molecule has 0 saturated carbocycles. The summed E-state index contributed by atoms with van der Waals surface area (Å²) in [5, 5.41) is 2.30. The highest BCUT2D eigenvalue weighted by Crippen LogP contribution is 2.41. The Morgan fingerprint density at radius 3 is 1.90 bits per heavy atom. The van der Waals surface area contributed by atoms with E-state index in [0.717, 1.165) is 11.4 Å². The predicted molar refractivity (Wildman–Crippen MR) is 133 cm³/mol. The summed E-state index contributed by atoms with van der Waals surface area (Å²) in [6, 6.07) is 28.4. The molecule has 31 heavy (non-hydrogen) atoms. The zero-order valence-corrected chi connectivity index (χ0v) is 19.6. The fraction of sp³-hybridized carbons (Fsp3) is 0.310. The SMILES string of the molecule is CC(C)(C)c1ccc(C(C)(C)C)c(C2C=C(c3ccccc3)NN2c2ccccc2)c1. The second-order valence-electron chi connectivity index (χ2n) is 10.5. The Balaban J connectivity index is 1.90. The number of para-hydroxylation sites is 1. The maximum Gasteiger partial charge on any atom is 0.0961 e. The van der Waals surface area contributed by atoms with Gasteiger partial charge in [0.05, 0.1) is 17.4 Å². The first-order chi connectivity index (χ1) is 14.6. The summed E-state index contributed by atoms with van der Waals surface area (Å²) < 4.78 is 0. The largest absolute Gasteiger partial charge is 0.297 e. The Bertz CT molecular complexity index is 1070. The minimum Gasteiger partial charge on any atom is -0.297 e. The van der Waals surface area contributed by atoms with Crippen molar-refractivity contribution in [3.63, 3.8) is 0 Å². The van der Waals surface area contributed by atoms with E-state index in [1.54, 1.807) is 0 Å². The third kappa shape index (κ3) is 4.39. The van der Waals surface area contributed by atoms with Crippen LogP contribution in [-0.4, -0.2) is 0 Å². The van der Waals surface area contributed by atoms with Crippen LogP contribution in [0.1, 0.15) is 69.8 Å². The Morgan fingerprint density at radius 2 is 1.32 bits per heavy atom. The molecule has 1 N–H and O–H groups in total. The standard InChI is InChI=1S/C29H34N2/c1-28(2,3)22-17-18-25(29(4,5)6)24(19-22)27-20-26(21-13-9-7-10-14-21)30-31(27)23-15-11-8-12-16-23/h7-20,27,30H,1-6H3. The van der Waals surface area contributed by atoms with Gasteiger partial charge in [0.25, 0.3) is 0 Å². The molecule has 0 bridgehead atoms. The lowest BCUT2D eigenvalue weighted by molar-refractivity contribution is 0.562. The molecule has 0 aromatic heterocycles. The monoisotopic (exact) mass is 410 g/mol. The van der Waals surface area contributed by atoms with Crippen molar-refractivity contribution >= 4 is 11.4 Å². The molecule has 1 atom stereocenters. The van der Waals surface area contributed by atoms with Crippen molar-refractivity contribution in [1.82, 2.24) is 5.43 Å². The topological polar surface area (TPSA) is 15.3 Å². The van der Waals surface area contributed by atoms with Crippen molar-refractivity contribution in [2.75, 3.05) is 5.01 Å². The summed E-state index contributed by atoms with van der Waals surface area (Å²) in [6.45, 7) is 13.8. The van der Waals surface area contributed by atoms with Crippen LogP contribution < -0.4 is 10.4 Å². The van der Waals surface area contributed by atoms with Gasteiger partial charge in [-0.25, -0.2) is 0 Å². The Morgan fingerprint density at radius 1 is 0.710 bits per heavy atom. The second kappa shape index (κ2) is 7.92. The van der Waals surface area contributed by atoms with Gasteiger partial charge in [-0.2, -0.15) is 0 Å². The van der Waals surface area contributed by atoms with Gasteiger partial charge in [0.2, 0.25) is 0 Å². The molecule has 3 aromatic carbocycles. The van der Waals surface area contributed by atoms with Crippen molar-refractivity contribution < 1.29 is 0 Å². The Hall–Kier alpha value is -3.00. The minimum atomic E-state index is 0.0530. The van der Waals surface area contributed by atoms with Crippen LogP contribution in [0.2, 0.25) is 0 Å². The molecular weight excluding hydrogens is 376 g/mol. The quantitative estimate of drug-likeness (QED) is 0.484. The number of anilines is 1. The fourth-order valence-corrected chi connectivity index (χ4v) is 4.25. The number of hydrogen-bond acceptors (Lipinski definition) is 2. The third-order valence-corrected chi connectivity index (χ3v) is 6.01. The highest BCUT2D eigenvalue weighted by molar-refractivity contribution is 5.72. The van der Waals surface area contributed by atoms with Gasteiger partial charge in [-0.05, 0) is 51.3 Å². The van der Waals surface area contributed by atoms with Gasteiger partial charge in [0.1, 0.15) is 0 Å². The molecule has 4 rings (SSSR count). The lowest BCUT2D eigenvalue weighted by atomic mass is 9.77. The number of hydrogen-bond donors (Lipinski definition) is 1. The van der Waals surface area contributed by atoms with Crippen LogP contribution in [0.15, 0.2) is 84.9 Å². The average Bonchev–Trinajstić information content (AvgIpc) is 3.19. The lowest BCUT2D eigenvalue weighted by Crippen LogP contribution is -2.35. The predicted octanol–water partition coefficient (Wildman–Crippen LogP) is 7.39. The molecule has 0 fully saturated rings. The van der Waals surface area contributed by atoms with E-state index < -0.39 is 0 Å². The van der Waals surface area contributed by atoms with E-state index in [0.29, 0.717) is 0 Å². The molecule has 0 spiro atoms. The van der Waals surface area contributed by atoms with Gasteiger partial charge >= 0.3 is 0 Å². The van der Waals surface area contributed by atoms with Crippen LogP contribution in [0.25, 0.3) is 5.70 Å². The molecule has 0 aliphatic carbocycles. The Kier molecular flexibility index (Phi) is 5.43. The lowest BCUT2D eigenvalue weighted by Gasteiger charge is -2.33. The molecule has 1 unspecified atom stereocenters. The number of benzene rings is 3. The van der Waals surface area contributed by atoms with Crippen LogP contribution in [-0.2, 0) is 10.8 Å². The van der Waals surface area contributed by atoms with E-state index in [2.05, 4.69) is 137 Å². The van der Waals surface area contributed by atoms with E-state index in [1.165, 1.54) is 22.3 Å². The number of nitrogens with zero attached hydrogens (tertiary/aromatic N) is 1. The van der Waals surface area contributed by atoms with Crippen molar-refractivity contribution in [2.45, 2.75) is 58.4 Å². The van der Waals surface area contributed by atoms with Crippen LogP contribution in [0, 0.1) is 0 Å². The molecule has 2 nitrogen and oxygen atoms in total. The third-order valence-electron chi connectivity index (χ3n) is 6.01. The second-order valence-corrected chi connectivity index (χ2v) is 10.5. The maximum absolute atomic E-state index is 3.70. The zero-order chi connectivity index (χ0) is 22.2. The van der Waals surface area contributed by atoms with E-state index in [9.17, 15) is 0 Å². The summed E-state index contributed by atoms with van der Waals surface area (Å²) in [4.78, 5) is 0. The molecule has 3 aromatic rings. The molecule has 0 radical (unpaired) electrons. The van der Waals surface area contributed by atoms with E-state index in [4.69, 9.17) is 0 Å². The van der Waals surface area contributed by atoms with Gasteiger partial charge in [-0.1, -0.05) is 108 Å². The molecule has 1 heterocycles. The average molecular weight is 411 g/mol. The van der Waals surface area contributed by atoms with Gasteiger partial charge in [-0.3, -0.25) is 10.4 Å². The molecule has 0 saturated heterocycles. The Labute approximate surface area is 187 Å². The molecule has 1 aliphatic rings. The summed E-state index contributed by atoms with van der Waals surface area (Å²) in [6.07, 6.45) is 2.37. The summed E-state index contributed by atoms with van der Waals surface area (Å²) in [5.41, 5.74) is 11.5. The van der Waals surface area contributed by atoms with Gasteiger partial charge < -0.3 is 0 Å². The number of nitrogens with one attached hydrogen (secondary N) is 1. The van der Waals surface area contributed by atoms with E-state index >= 15 is 0 Å². The summed E-state index contributed by atoms with van der Waals surface area (Å²) in [5.74, 6) is 0. The van der Waals surface area contributed by atoms with Crippen molar-refractivity contribution in [3.8, 4) is 0 Å². The van der Waals surface area contributed by atoms with Crippen molar-refractivity contribution in [3.05, 3.63) is 107 Å². The maximum atomic E-state index is 3.70. The highest BCUT2D eigenvalue weighted by atomic mass is 15.5. The van der Waals surface area contributed by atoms with Crippen molar-refractivity contribution in [1.29, 1.82) is 0 Å². The molecule has 1 aliphatic heterocycles. The normalized spacial score (nSPS) is 16.8. The number of hydrazine groups is 1. The van der Waals surface area contributed by atoms with Crippen LogP contribution in [0.3, 0.4) is 0 Å². The van der Waals surface area contributed by atoms with Gasteiger partial charge in [0.15, 0.2) is 0 Å². The van der Waals surface area contributed by atoms with Crippen LogP contribution in [0.4, 0.5) is 5.69 Å². The zero-order valence-electron chi connectivity index (χ0n) is 19.6. The molecule has 2 heteroatoms. The first kappa shape index (κ1) is 21.2. The van der Waals surface area contributed by atoms with Crippen molar-refractivity contribution in [2.24, 2.45) is 0 Å². The van der Waals surface area contributed by atoms with Crippen LogP contribution >= 0.6 is 0 Å². The molecule has 160 valence electrons. The first-order valence-corrected chi connectivity index (χ1v) is 11.2. The molecular formula is C29H34N2.